The lowest BCUT2D eigenvalue weighted by Gasteiger charge is -2.17. The second-order valence-corrected chi connectivity index (χ2v) is 4.05. The minimum atomic E-state index is -0.226. The van der Waals surface area contributed by atoms with Crippen LogP contribution in [0.1, 0.15) is 32.2 Å². The lowest BCUT2D eigenvalue weighted by Crippen LogP contribution is -2.19. The topological polar surface area (TPSA) is 102 Å². The summed E-state index contributed by atoms with van der Waals surface area (Å²) in [6.07, 6.45) is 0. The van der Waals surface area contributed by atoms with E-state index < -0.39 is 0 Å². The molecular formula is C9H13N5. The maximum atomic E-state index is 8.70. The summed E-state index contributed by atoms with van der Waals surface area (Å²) in [4.78, 5) is 8.08. The van der Waals surface area contributed by atoms with Crippen LogP contribution >= 0.6 is 0 Å². The predicted molar refractivity (Wildman–Crippen MR) is 54.3 cm³/mol. The Balaban J connectivity index is 3.37. The van der Waals surface area contributed by atoms with Crippen molar-refractivity contribution >= 4 is 11.6 Å². The molecule has 0 radical (unpaired) electrons. The van der Waals surface area contributed by atoms with Gasteiger partial charge in [0.05, 0.1) is 0 Å². The first-order valence-corrected chi connectivity index (χ1v) is 4.20. The summed E-state index contributed by atoms with van der Waals surface area (Å²) < 4.78 is 0. The number of nitrogens with zero attached hydrogens (tertiary/aromatic N) is 3. The third kappa shape index (κ3) is 1.74. The summed E-state index contributed by atoms with van der Waals surface area (Å²) in [5.74, 6) is 0.835. The monoisotopic (exact) mass is 191 g/mol. The first-order valence-electron chi connectivity index (χ1n) is 4.20. The van der Waals surface area contributed by atoms with Gasteiger partial charge in [-0.25, -0.2) is 9.97 Å². The van der Waals surface area contributed by atoms with Crippen LogP contribution in [-0.2, 0) is 5.41 Å². The third-order valence-electron chi connectivity index (χ3n) is 1.75. The van der Waals surface area contributed by atoms with Crippen molar-refractivity contribution in [3.63, 3.8) is 0 Å². The first kappa shape index (κ1) is 10.3. The number of nitrogen functional groups attached to an aromatic ring is 2. The Hall–Kier alpha value is -1.83. The van der Waals surface area contributed by atoms with Crippen molar-refractivity contribution in [1.29, 1.82) is 5.26 Å². The number of hydrogen-bond acceptors (Lipinski definition) is 5. The highest BCUT2D eigenvalue weighted by Crippen LogP contribution is 2.22. The van der Waals surface area contributed by atoms with Gasteiger partial charge in [0.2, 0.25) is 0 Å². The zero-order valence-corrected chi connectivity index (χ0v) is 8.50. The van der Waals surface area contributed by atoms with Crippen molar-refractivity contribution in [2.45, 2.75) is 26.2 Å². The van der Waals surface area contributed by atoms with Gasteiger partial charge in [0.25, 0.3) is 0 Å². The predicted octanol–water partition coefficient (Wildman–Crippen LogP) is 0.810. The Labute approximate surface area is 82.8 Å². The lowest BCUT2D eigenvalue weighted by atomic mass is 9.95. The minimum absolute atomic E-state index is 0.143. The first-order chi connectivity index (χ1) is 6.36. The molecule has 0 aromatic carbocycles. The minimum Gasteiger partial charge on any atom is -0.382 e. The molecule has 14 heavy (non-hydrogen) atoms. The molecule has 74 valence electrons. The van der Waals surface area contributed by atoms with Crippen LogP contribution in [0, 0.1) is 11.3 Å². The number of rotatable bonds is 0. The zero-order chi connectivity index (χ0) is 10.9. The second kappa shape index (κ2) is 3.14. The quantitative estimate of drug-likeness (QED) is 0.631. The van der Waals surface area contributed by atoms with E-state index in [0.29, 0.717) is 5.82 Å². The van der Waals surface area contributed by atoms with Crippen LogP contribution < -0.4 is 11.5 Å². The van der Waals surface area contributed by atoms with E-state index in [4.69, 9.17) is 16.7 Å². The fraction of sp³-hybridized carbons (Fsp3) is 0.444. The molecule has 0 aliphatic carbocycles. The van der Waals surface area contributed by atoms with Crippen LogP contribution in [0.15, 0.2) is 0 Å². The van der Waals surface area contributed by atoms with Crippen LogP contribution in [0.25, 0.3) is 0 Å². The maximum absolute atomic E-state index is 8.70. The Morgan fingerprint density at radius 3 is 1.86 bits per heavy atom. The van der Waals surface area contributed by atoms with E-state index in [2.05, 4.69) is 9.97 Å². The van der Waals surface area contributed by atoms with Crippen molar-refractivity contribution in [3.8, 4) is 6.07 Å². The van der Waals surface area contributed by atoms with Crippen molar-refractivity contribution in [1.82, 2.24) is 9.97 Å². The van der Waals surface area contributed by atoms with Gasteiger partial charge in [-0.1, -0.05) is 20.8 Å². The van der Waals surface area contributed by atoms with E-state index in [1.807, 2.05) is 26.8 Å². The average Bonchev–Trinajstić information content (AvgIpc) is 2.01. The van der Waals surface area contributed by atoms with Crippen molar-refractivity contribution in [3.05, 3.63) is 11.4 Å². The molecule has 1 heterocycles. The second-order valence-electron chi connectivity index (χ2n) is 4.05. The SMILES string of the molecule is CC(C)(C)c1nc(N)c(C#N)c(N)n1. The normalized spacial score (nSPS) is 11.0. The molecule has 0 atom stereocenters. The molecule has 1 aromatic heterocycles. The Kier molecular flexibility index (Phi) is 2.30. The highest BCUT2D eigenvalue weighted by atomic mass is 15.0. The molecule has 0 amide bonds. The molecule has 1 rings (SSSR count). The van der Waals surface area contributed by atoms with E-state index in [9.17, 15) is 0 Å². The fourth-order valence-electron chi connectivity index (χ4n) is 0.946. The summed E-state index contributed by atoms with van der Waals surface area (Å²) in [5, 5.41) is 8.70. The van der Waals surface area contributed by atoms with Crippen LogP contribution in [0.2, 0.25) is 0 Å². The summed E-state index contributed by atoms with van der Waals surface area (Å²) in [6.45, 7) is 5.85. The molecule has 0 aliphatic heterocycles. The fourth-order valence-corrected chi connectivity index (χ4v) is 0.946. The molecule has 0 bridgehead atoms. The zero-order valence-electron chi connectivity index (χ0n) is 8.50. The Bertz CT molecular complexity index is 374. The highest BCUT2D eigenvalue weighted by Gasteiger charge is 2.20. The van der Waals surface area contributed by atoms with Gasteiger partial charge in [0, 0.05) is 5.41 Å². The Morgan fingerprint density at radius 2 is 1.57 bits per heavy atom. The molecule has 0 saturated heterocycles. The van der Waals surface area contributed by atoms with Gasteiger partial charge in [-0.2, -0.15) is 5.26 Å². The van der Waals surface area contributed by atoms with Crippen molar-refractivity contribution in [2.75, 3.05) is 11.5 Å². The number of aromatic nitrogens is 2. The van der Waals surface area contributed by atoms with Gasteiger partial charge in [-0.3, -0.25) is 0 Å². The largest absolute Gasteiger partial charge is 0.382 e. The smallest absolute Gasteiger partial charge is 0.147 e. The van der Waals surface area contributed by atoms with Gasteiger partial charge >= 0.3 is 0 Å². The summed E-state index contributed by atoms with van der Waals surface area (Å²) in [7, 11) is 0. The van der Waals surface area contributed by atoms with Gasteiger partial charge in [0.1, 0.15) is 29.1 Å². The average molecular weight is 191 g/mol. The number of anilines is 2. The molecule has 0 spiro atoms. The molecule has 0 unspecified atom stereocenters. The summed E-state index contributed by atoms with van der Waals surface area (Å²) in [6, 6.07) is 1.87. The van der Waals surface area contributed by atoms with E-state index in [0.717, 1.165) is 0 Å². The van der Waals surface area contributed by atoms with Crippen molar-refractivity contribution in [2.24, 2.45) is 0 Å². The molecule has 4 N–H and O–H groups in total. The molecule has 5 nitrogen and oxygen atoms in total. The summed E-state index contributed by atoms with van der Waals surface area (Å²) in [5.41, 5.74) is 11.1. The molecule has 0 aliphatic rings. The summed E-state index contributed by atoms with van der Waals surface area (Å²) >= 11 is 0. The van der Waals surface area contributed by atoms with E-state index in [-0.39, 0.29) is 22.6 Å². The number of hydrogen-bond donors (Lipinski definition) is 2. The standard InChI is InChI=1S/C9H13N5/c1-9(2,3)8-13-6(11)5(4-10)7(12)14-8/h1-3H3,(H4,11,12,13,14). The molecule has 0 saturated carbocycles. The number of nitrogens with two attached hydrogens (primary N) is 2. The van der Waals surface area contributed by atoms with Crippen LogP contribution in [0.3, 0.4) is 0 Å². The third-order valence-corrected chi connectivity index (χ3v) is 1.75. The van der Waals surface area contributed by atoms with Gasteiger partial charge in [-0.05, 0) is 0 Å². The van der Waals surface area contributed by atoms with Crippen molar-refractivity contribution < 1.29 is 0 Å². The lowest BCUT2D eigenvalue weighted by molar-refractivity contribution is 0.547. The Morgan fingerprint density at radius 1 is 1.14 bits per heavy atom. The molecular weight excluding hydrogens is 178 g/mol. The van der Waals surface area contributed by atoms with E-state index >= 15 is 0 Å². The van der Waals surface area contributed by atoms with E-state index in [1.165, 1.54) is 0 Å². The molecule has 1 aromatic rings. The highest BCUT2D eigenvalue weighted by molar-refractivity contribution is 5.60. The van der Waals surface area contributed by atoms with Crippen LogP contribution in [0.4, 0.5) is 11.6 Å². The van der Waals surface area contributed by atoms with Crippen LogP contribution in [-0.4, -0.2) is 9.97 Å². The maximum Gasteiger partial charge on any atom is 0.147 e. The molecule has 0 fully saturated rings. The van der Waals surface area contributed by atoms with Gasteiger partial charge in [-0.15, -0.1) is 0 Å². The van der Waals surface area contributed by atoms with Crippen LogP contribution in [0.5, 0.6) is 0 Å². The van der Waals surface area contributed by atoms with E-state index in [1.54, 1.807) is 0 Å². The molecule has 5 heteroatoms. The van der Waals surface area contributed by atoms with Gasteiger partial charge in [0.15, 0.2) is 0 Å². The number of nitriles is 1. The van der Waals surface area contributed by atoms with Gasteiger partial charge < -0.3 is 11.5 Å².